The van der Waals surface area contributed by atoms with Crippen LogP contribution in [-0.2, 0) is 25.2 Å². The molecule has 1 aliphatic rings. The van der Waals surface area contributed by atoms with Crippen molar-refractivity contribution >= 4 is 22.2 Å². The molecule has 5 heteroatoms. The van der Waals surface area contributed by atoms with Gasteiger partial charge in [-0.2, -0.15) is 4.79 Å². The van der Waals surface area contributed by atoms with Crippen LogP contribution in [0.1, 0.15) is 19.8 Å². The van der Waals surface area contributed by atoms with E-state index in [1.165, 1.54) is 0 Å². The number of ether oxygens (including phenoxy) is 2. The van der Waals surface area contributed by atoms with E-state index in [0.717, 1.165) is 24.3 Å². The first-order valence-electron chi connectivity index (χ1n) is 5.28. The summed E-state index contributed by atoms with van der Waals surface area (Å²) in [5, 5.41) is -0.135. The molecule has 0 aliphatic carbocycles. The maximum atomic E-state index is 11.5. The molecule has 0 amide bonds. The molecule has 1 fully saturated rings. The highest BCUT2D eigenvalue weighted by atomic mass is 32.2. The Morgan fingerprint density at radius 2 is 1.75 bits per heavy atom. The normalized spacial score (nSPS) is 15.8. The van der Waals surface area contributed by atoms with Crippen molar-refractivity contribution in [3.8, 4) is 0 Å². The SMILES string of the molecule is C=C(C)C(=O)OCCOC(=O)[S+]1CCCC1. The highest BCUT2D eigenvalue weighted by Gasteiger charge is 2.34. The quantitative estimate of drug-likeness (QED) is 0.327. The second-order valence-corrected chi connectivity index (χ2v) is 5.76. The van der Waals surface area contributed by atoms with Crippen molar-refractivity contribution in [2.24, 2.45) is 0 Å². The van der Waals surface area contributed by atoms with E-state index in [0.29, 0.717) is 5.57 Å². The first-order valence-corrected chi connectivity index (χ1v) is 6.84. The van der Waals surface area contributed by atoms with Gasteiger partial charge in [0, 0.05) is 5.57 Å². The number of hydrogen-bond acceptors (Lipinski definition) is 4. The van der Waals surface area contributed by atoms with Gasteiger partial charge in [0.15, 0.2) is 0 Å². The molecule has 0 aromatic carbocycles. The van der Waals surface area contributed by atoms with Gasteiger partial charge in [0.2, 0.25) is 0 Å². The van der Waals surface area contributed by atoms with Gasteiger partial charge in [-0.25, -0.2) is 4.79 Å². The molecular weight excluding hydrogens is 228 g/mol. The zero-order valence-corrected chi connectivity index (χ0v) is 10.3. The van der Waals surface area contributed by atoms with Crippen LogP contribution in [0.5, 0.6) is 0 Å². The van der Waals surface area contributed by atoms with E-state index >= 15 is 0 Å². The third kappa shape index (κ3) is 4.26. The van der Waals surface area contributed by atoms with Gasteiger partial charge in [0.1, 0.15) is 35.6 Å². The fourth-order valence-electron chi connectivity index (χ4n) is 1.29. The summed E-state index contributed by atoms with van der Waals surface area (Å²) in [6.07, 6.45) is 2.23. The van der Waals surface area contributed by atoms with Crippen LogP contribution < -0.4 is 0 Å². The molecule has 0 aromatic rings. The molecule has 1 aliphatic heterocycles. The highest BCUT2D eigenvalue weighted by molar-refractivity contribution is 8.10. The van der Waals surface area contributed by atoms with Gasteiger partial charge in [0.25, 0.3) is 0 Å². The van der Waals surface area contributed by atoms with E-state index in [2.05, 4.69) is 6.58 Å². The van der Waals surface area contributed by atoms with Gasteiger partial charge in [-0.15, -0.1) is 0 Å². The summed E-state index contributed by atoms with van der Waals surface area (Å²) in [5.41, 5.74) is 0.351. The molecule has 1 saturated heterocycles. The van der Waals surface area contributed by atoms with Crippen molar-refractivity contribution < 1.29 is 19.1 Å². The van der Waals surface area contributed by atoms with Gasteiger partial charge >= 0.3 is 11.3 Å². The fraction of sp³-hybridized carbons (Fsp3) is 0.636. The average molecular weight is 245 g/mol. The third-order valence-electron chi connectivity index (χ3n) is 2.15. The molecule has 4 nitrogen and oxygen atoms in total. The summed E-state index contributed by atoms with van der Waals surface area (Å²) in [6.45, 7) is 5.27. The molecule has 0 N–H and O–H groups in total. The van der Waals surface area contributed by atoms with Gasteiger partial charge < -0.3 is 9.47 Å². The molecule has 1 rings (SSSR count). The highest BCUT2D eigenvalue weighted by Crippen LogP contribution is 2.15. The largest absolute Gasteiger partial charge is 0.525 e. The van der Waals surface area contributed by atoms with Gasteiger partial charge in [-0.3, -0.25) is 0 Å². The molecule has 90 valence electrons. The average Bonchev–Trinajstić information content (AvgIpc) is 2.76. The summed E-state index contributed by atoms with van der Waals surface area (Å²) in [7, 11) is -0.214. The molecular formula is C11H17O4S+. The summed E-state index contributed by atoms with van der Waals surface area (Å²) in [4.78, 5) is 22.4. The molecule has 0 unspecified atom stereocenters. The van der Waals surface area contributed by atoms with E-state index in [1.807, 2.05) is 0 Å². The Hall–Kier alpha value is -0.970. The first-order chi connectivity index (χ1) is 7.61. The number of esters is 1. The lowest BCUT2D eigenvalue weighted by molar-refractivity contribution is -0.139. The summed E-state index contributed by atoms with van der Waals surface area (Å²) < 4.78 is 9.83. The van der Waals surface area contributed by atoms with Crippen LogP contribution in [0.4, 0.5) is 4.79 Å². The van der Waals surface area contributed by atoms with Crippen molar-refractivity contribution in [2.75, 3.05) is 24.7 Å². The number of rotatable bonds is 4. The lowest BCUT2D eigenvalue weighted by atomic mass is 10.4. The van der Waals surface area contributed by atoms with Gasteiger partial charge in [-0.1, -0.05) is 6.58 Å². The molecule has 0 radical (unpaired) electrons. The summed E-state index contributed by atoms with van der Waals surface area (Å²) in [5.74, 6) is 1.45. The molecule has 0 aromatic heterocycles. The lowest BCUT2D eigenvalue weighted by Gasteiger charge is -2.04. The van der Waals surface area contributed by atoms with Crippen LogP contribution >= 0.6 is 0 Å². The van der Waals surface area contributed by atoms with Crippen LogP contribution in [0.3, 0.4) is 0 Å². The van der Waals surface area contributed by atoms with E-state index < -0.39 is 5.97 Å². The summed E-state index contributed by atoms with van der Waals surface area (Å²) >= 11 is 0. The minimum Gasteiger partial charge on any atom is -0.459 e. The van der Waals surface area contributed by atoms with Crippen LogP contribution in [0, 0.1) is 0 Å². The first kappa shape index (κ1) is 13.1. The van der Waals surface area contributed by atoms with Crippen LogP contribution in [-0.4, -0.2) is 36.0 Å². The van der Waals surface area contributed by atoms with E-state index in [1.54, 1.807) is 6.92 Å². The topological polar surface area (TPSA) is 52.6 Å². The maximum Gasteiger partial charge on any atom is 0.525 e. The van der Waals surface area contributed by atoms with Crippen LogP contribution in [0.2, 0.25) is 0 Å². The monoisotopic (exact) mass is 245 g/mol. The third-order valence-corrected chi connectivity index (χ3v) is 4.30. The second kappa shape index (κ2) is 6.58. The lowest BCUT2D eigenvalue weighted by Crippen LogP contribution is -2.21. The molecule has 0 spiro atoms. The van der Waals surface area contributed by atoms with Crippen molar-refractivity contribution in [3.63, 3.8) is 0 Å². The predicted octanol–water partition coefficient (Wildman–Crippen LogP) is 1.65. The Labute approximate surface area is 98.3 Å². The minimum atomic E-state index is -0.445. The second-order valence-electron chi connectivity index (χ2n) is 3.62. The standard InChI is InChI=1S/C11H17O4S/c1-9(2)10(12)14-5-6-15-11(13)16-7-3-4-8-16/h1,3-8H2,2H3/q+1. The molecule has 16 heavy (non-hydrogen) atoms. The van der Waals surface area contributed by atoms with Gasteiger partial charge in [0.05, 0.1) is 0 Å². The Balaban J connectivity index is 2.08. The molecule has 1 heterocycles. The summed E-state index contributed by atoms with van der Waals surface area (Å²) in [6, 6.07) is 0. The predicted molar refractivity (Wildman–Crippen MR) is 63.5 cm³/mol. The Bertz CT molecular complexity index is 282. The molecule has 0 atom stereocenters. The van der Waals surface area contributed by atoms with Crippen molar-refractivity contribution in [3.05, 3.63) is 12.2 Å². The van der Waals surface area contributed by atoms with Gasteiger partial charge in [-0.05, 0) is 19.8 Å². The smallest absolute Gasteiger partial charge is 0.459 e. The Kier molecular flexibility index (Phi) is 5.38. The maximum absolute atomic E-state index is 11.5. The van der Waals surface area contributed by atoms with Crippen molar-refractivity contribution in [1.82, 2.24) is 0 Å². The molecule has 0 saturated carbocycles. The van der Waals surface area contributed by atoms with E-state index in [9.17, 15) is 9.59 Å². The van der Waals surface area contributed by atoms with E-state index in [4.69, 9.17) is 9.47 Å². The zero-order valence-electron chi connectivity index (χ0n) is 9.49. The van der Waals surface area contributed by atoms with Crippen molar-refractivity contribution in [2.45, 2.75) is 19.8 Å². The Morgan fingerprint density at radius 3 is 2.31 bits per heavy atom. The fourth-order valence-corrected chi connectivity index (χ4v) is 3.18. The number of carbonyl (C=O) groups excluding carboxylic acids is 2. The zero-order chi connectivity index (χ0) is 12.0. The molecule has 0 bridgehead atoms. The number of carbonyl (C=O) groups is 2. The number of hydrogen-bond donors (Lipinski definition) is 0. The van der Waals surface area contributed by atoms with Crippen LogP contribution in [0.15, 0.2) is 12.2 Å². The van der Waals surface area contributed by atoms with Crippen LogP contribution in [0.25, 0.3) is 0 Å². The minimum absolute atomic E-state index is 0.106. The Morgan fingerprint density at radius 1 is 1.19 bits per heavy atom. The van der Waals surface area contributed by atoms with E-state index in [-0.39, 0.29) is 29.4 Å². The van der Waals surface area contributed by atoms with Crippen molar-refractivity contribution in [1.29, 1.82) is 0 Å².